The Labute approximate surface area is 77.3 Å². The van der Waals surface area contributed by atoms with Crippen LogP contribution in [0.1, 0.15) is 27.2 Å². The van der Waals surface area contributed by atoms with Gasteiger partial charge in [0.2, 0.25) is 5.91 Å². The van der Waals surface area contributed by atoms with Crippen molar-refractivity contribution >= 4 is 24.3 Å². The van der Waals surface area contributed by atoms with Crippen molar-refractivity contribution in [2.45, 2.75) is 27.2 Å². The fourth-order valence-corrected chi connectivity index (χ4v) is 0.245. The molecule has 0 aromatic heterocycles. The second kappa shape index (κ2) is 13.1. The van der Waals surface area contributed by atoms with E-state index in [1.165, 1.54) is 20.8 Å². The third kappa shape index (κ3) is 123. The second-order valence-corrected chi connectivity index (χ2v) is 2.25. The monoisotopic (exact) mass is 189 g/mol. The Hall–Kier alpha value is -1.52. The lowest BCUT2D eigenvalue weighted by Gasteiger charge is -1.82. The van der Waals surface area contributed by atoms with Gasteiger partial charge in [-0.3, -0.25) is 9.59 Å². The zero-order valence-corrected chi connectivity index (χ0v) is 8.12. The Morgan fingerprint density at radius 3 is 1.31 bits per heavy atom. The molecule has 0 aromatic carbocycles. The van der Waals surface area contributed by atoms with Crippen LogP contribution < -0.4 is 5.73 Å². The van der Waals surface area contributed by atoms with Crippen molar-refractivity contribution in [2.24, 2.45) is 5.73 Å². The summed E-state index contributed by atoms with van der Waals surface area (Å²) < 4.78 is 0. The number of primary amides is 1. The predicted octanol–water partition coefficient (Wildman–Crippen LogP) is -0.139. The van der Waals surface area contributed by atoms with Gasteiger partial charge in [0.15, 0.2) is 0 Å². The predicted molar refractivity (Wildman–Crippen MR) is 48.0 cm³/mol. The summed E-state index contributed by atoms with van der Waals surface area (Å²) in [7, 11) is 0. The van der Waals surface area contributed by atoms with Gasteiger partial charge in [-0.25, -0.2) is 0 Å². The van der Waals surface area contributed by atoms with E-state index in [0.717, 1.165) is 0 Å². The molecule has 1 amide bonds. The van der Waals surface area contributed by atoms with Gasteiger partial charge in [0, 0.05) is 0 Å². The van der Waals surface area contributed by atoms with Gasteiger partial charge >= 0.3 is 0 Å². The Bertz CT molecular complexity index is 161. The maximum absolute atomic E-state index is 9.95. The van der Waals surface area contributed by atoms with Crippen LogP contribution in [0.2, 0.25) is 0 Å². The zero-order valence-electron chi connectivity index (χ0n) is 8.12. The number of hydrogen-bond donors (Lipinski definition) is 1. The van der Waals surface area contributed by atoms with E-state index in [2.05, 4.69) is 5.73 Å². The highest BCUT2D eigenvalue weighted by Gasteiger charge is 1.95. The molecule has 2 N–H and O–H groups in total. The molecule has 0 rings (SSSR count). The highest BCUT2D eigenvalue weighted by Crippen LogP contribution is 1.75. The summed E-state index contributed by atoms with van der Waals surface area (Å²) >= 11 is 0. The van der Waals surface area contributed by atoms with E-state index in [-0.39, 0.29) is 18.0 Å². The Kier molecular flexibility index (Phi) is 17.7. The first kappa shape index (κ1) is 17.5. The molecule has 76 valence electrons. The average Bonchev–Trinajstić information content (AvgIpc) is 1.87. The van der Waals surface area contributed by atoms with Gasteiger partial charge in [0.25, 0.3) is 0 Å². The van der Waals surface area contributed by atoms with Gasteiger partial charge in [-0.15, -0.1) is 0 Å². The molecule has 0 fully saturated rings. The molecule has 0 unspecified atom stereocenters. The van der Waals surface area contributed by atoms with Crippen molar-refractivity contribution < 1.29 is 19.2 Å². The molecule has 0 spiro atoms. The topological polar surface area (TPSA) is 94.3 Å². The van der Waals surface area contributed by atoms with E-state index in [1.54, 1.807) is 0 Å². The largest absolute Gasteiger partial charge is 0.369 e. The number of carbonyl (C=O) groups is 4. The molecule has 0 atom stereocenters. The van der Waals surface area contributed by atoms with Crippen molar-refractivity contribution in [3.8, 4) is 0 Å². The summed E-state index contributed by atoms with van der Waals surface area (Å²) in [6, 6.07) is 0. The van der Waals surface area contributed by atoms with E-state index in [1.807, 2.05) is 6.79 Å². The minimum absolute atomic E-state index is 0.139. The Morgan fingerprint density at radius 1 is 1.08 bits per heavy atom. The molecule has 0 aliphatic heterocycles. The van der Waals surface area contributed by atoms with Gasteiger partial charge in [-0.1, -0.05) is 0 Å². The lowest BCUT2D eigenvalue weighted by Crippen LogP contribution is -2.13. The molecule has 5 nitrogen and oxygen atoms in total. The van der Waals surface area contributed by atoms with Crippen LogP contribution in [0.4, 0.5) is 0 Å². The average molecular weight is 189 g/mol. The van der Waals surface area contributed by atoms with E-state index in [0.29, 0.717) is 0 Å². The number of hydrogen-bond acceptors (Lipinski definition) is 4. The summed E-state index contributed by atoms with van der Waals surface area (Å²) in [5.41, 5.74) is 4.63. The second-order valence-electron chi connectivity index (χ2n) is 2.25. The number of carbonyl (C=O) groups excluding carboxylic acids is 4. The molecule has 0 saturated carbocycles. The van der Waals surface area contributed by atoms with Gasteiger partial charge in [0.05, 0.1) is 6.42 Å². The van der Waals surface area contributed by atoms with Crippen LogP contribution in [0.5, 0.6) is 0 Å². The van der Waals surface area contributed by atoms with Crippen LogP contribution in [0, 0.1) is 0 Å². The number of amides is 1. The van der Waals surface area contributed by atoms with Crippen LogP contribution in [-0.4, -0.2) is 24.3 Å². The van der Waals surface area contributed by atoms with Crippen LogP contribution in [0.3, 0.4) is 0 Å². The van der Waals surface area contributed by atoms with Crippen molar-refractivity contribution in [3.05, 3.63) is 0 Å². The first-order chi connectivity index (χ1) is 5.86. The maximum atomic E-state index is 9.95. The Balaban J connectivity index is -0.000000142. The van der Waals surface area contributed by atoms with E-state index in [4.69, 9.17) is 4.79 Å². The molecule has 0 heterocycles. The lowest BCUT2D eigenvalue weighted by molar-refractivity contribution is -0.125. The molecule has 0 aliphatic carbocycles. The van der Waals surface area contributed by atoms with Gasteiger partial charge in [0.1, 0.15) is 18.4 Å². The summed E-state index contributed by atoms with van der Waals surface area (Å²) in [5, 5.41) is 0. The quantitative estimate of drug-likeness (QED) is 0.612. The first-order valence-electron chi connectivity index (χ1n) is 3.40. The van der Waals surface area contributed by atoms with E-state index >= 15 is 0 Å². The zero-order chi connectivity index (χ0) is 11.4. The standard InChI is InChI=1S/C4H7NO2.C3H6O.CH2O/c1-3(6)2-4(5)7;1-3(2)4;1-2/h2H2,1H3,(H2,5,7);1-2H3;1H2. The normalized spacial score (nSPS) is 6.69. The maximum Gasteiger partial charge on any atom is 0.224 e. The van der Waals surface area contributed by atoms with Crippen molar-refractivity contribution in [2.75, 3.05) is 0 Å². The molecule has 0 aliphatic rings. The van der Waals surface area contributed by atoms with E-state index < -0.39 is 5.91 Å². The van der Waals surface area contributed by atoms with Gasteiger partial charge in [-0.2, -0.15) is 0 Å². The molecule has 0 bridgehead atoms. The smallest absolute Gasteiger partial charge is 0.224 e. The molecule has 0 radical (unpaired) electrons. The molecule has 0 aromatic rings. The van der Waals surface area contributed by atoms with Crippen LogP contribution >= 0.6 is 0 Å². The third-order valence-electron chi connectivity index (χ3n) is 0.423. The highest BCUT2D eigenvalue weighted by molar-refractivity contribution is 5.95. The van der Waals surface area contributed by atoms with Crippen LogP contribution in [-0.2, 0) is 19.2 Å². The summed E-state index contributed by atoms with van der Waals surface area (Å²) in [6.07, 6.45) is -0.139. The highest BCUT2D eigenvalue weighted by atomic mass is 16.2. The number of ketones is 2. The van der Waals surface area contributed by atoms with E-state index in [9.17, 15) is 14.4 Å². The van der Waals surface area contributed by atoms with Crippen LogP contribution in [0.25, 0.3) is 0 Å². The minimum atomic E-state index is -0.562. The Morgan fingerprint density at radius 2 is 1.31 bits per heavy atom. The molecule has 0 saturated heterocycles. The van der Waals surface area contributed by atoms with Crippen molar-refractivity contribution in [1.82, 2.24) is 0 Å². The number of Topliss-reactive ketones (excluding diaryl/α,β-unsaturated/α-hetero) is 2. The molecule has 5 heteroatoms. The van der Waals surface area contributed by atoms with Gasteiger partial charge in [-0.05, 0) is 20.8 Å². The first-order valence-corrected chi connectivity index (χ1v) is 3.40. The fraction of sp³-hybridized carbons (Fsp3) is 0.500. The molecular formula is C8H15NO4. The minimum Gasteiger partial charge on any atom is -0.369 e. The lowest BCUT2D eigenvalue weighted by atomic mass is 10.3. The summed E-state index contributed by atoms with van der Waals surface area (Å²) in [5.74, 6) is -0.583. The van der Waals surface area contributed by atoms with Crippen molar-refractivity contribution in [3.63, 3.8) is 0 Å². The summed E-state index contributed by atoms with van der Waals surface area (Å²) in [4.78, 5) is 37.2. The summed E-state index contributed by atoms with van der Waals surface area (Å²) in [6.45, 7) is 6.38. The number of rotatable bonds is 2. The molecular weight excluding hydrogens is 174 g/mol. The molecule has 13 heavy (non-hydrogen) atoms. The van der Waals surface area contributed by atoms with Crippen molar-refractivity contribution in [1.29, 1.82) is 0 Å². The van der Waals surface area contributed by atoms with Gasteiger partial charge < -0.3 is 15.3 Å². The van der Waals surface area contributed by atoms with Crippen LogP contribution in [0.15, 0.2) is 0 Å². The fourth-order valence-electron chi connectivity index (χ4n) is 0.245. The third-order valence-corrected chi connectivity index (χ3v) is 0.423. The SMILES string of the molecule is C=O.CC(=O)CC(N)=O.CC(C)=O. The number of nitrogens with two attached hydrogens (primary N) is 1.